The molecule has 0 aliphatic heterocycles. The predicted molar refractivity (Wildman–Crippen MR) is 129 cm³/mol. The number of Topliss-reactive ketones (excluding diaryl/α,β-unsaturated/α-hetero) is 1. The average Bonchev–Trinajstić information content (AvgIpc) is 2.77. The second kappa shape index (κ2) is 11.1. The van der Waals surface area contributed by atoms with Crippen molar-refractivity contribution in [3.05, 3.63) is 94.0 Å². The molecule has 0 heterocycles. The maximum atomic E-state index is 12.6. The molecule has 34 heavy (non-hydrogen) atoms. The Kier molecular flexibility index (Phi) is 8.00. The molecule has 0 aromatic heterocycles. The van der Waals surface area contributed by atoms with Gasteiger partial charge in [-0.25, -0.2) is 9.79 Å². The van der Waals surface area contributed by atoms with Crippen molar-refractivity contribution in [3.63, 3.8) is 0 Å². The van der Waals surface area contributed by atoms with Gasteiger partial charge < -0.3 is 21.3 Å². The van der Waals surface area contributed by atoms with E-state index in [1.165, 1.54) is 18.2 Å². The van der Waals surface area contributed by atoms with Gasteiger partial charge in [-0.1, -0.05) is 41.9 Å². The van der Waals surface area contributed by atoms with Gasteiger partial charge in [0.05, 0.1) is 17.7 Å². The molecule has 5 N–H and O–H groups in total. The van der Waals surface area contributed by atoms with Gasteiger partial charge in [0.15, 0.2) is 5.96 Å². The molecule has 0 amide bonds. The highest BCUT2D eigenvalue weighted by Gasteiger charge is 2.14. The fraction of sp³-hybridized carbons (Fsp3) is 0.120. The van der Waals surface area contributed by atoms with Crippen molar-refractivity contribution in [2.24, 2.45) is 16.5 Å². The number of carboxylic acids is 1. The summed E-state index contributed by atoms with van der Waals surface area (Å²) in [6.45, 7) is 0. The van der Waals surface area contributed by atoms with Gasteiger partial charge in [0.25, 0.3) is 0 Å². The molecule has 3 aromatic carbocycles. The summed E-state index contributed by atoms with van der Waals surface area (Å²) < 4.78 is 5.36. The minimum Gasteiger partial charge on any atom is -0.481 e. The number of benzene rings is 3. The van der Waals surface area contributed by atoms with Crippen LogP contribution in [0, 0.1) is 0 Å². The highest BCUT2D eigenvalue weighted by Crippen LogP contribution is 2.25. The molecule has 0 saturated carbocycles. The average molecular weight is 480 g/mol. The van der Waals surface area contributed by atoms with E-state index in [4.69, 9.17) is 32.9 Å². The second-order valence-electron chi connectivity index (χ2n) is 7.46. The summed E-state index contributed by atoms with van der Waals surface area (Å²) in [7, 11) is 0. The lowest BCUT2D eigenvalue weighted by Gasteiger charge is -2.10. The minimum absolute atomic E-state index is 0.0563. The number of carbonyl (C=O) groups is 3. The molecule has 3 rings (SSSR count). The molecule has 0 saturated heterocycles. The molecule has 0 atom stereocenters. The van der Waals surface area contributed by atoms with E-state index in [2.05, 4.69) is 4.99 Å². The molecule has 0 bridgehead atoms. The first-order valence-electron chi connectivity index (χ1n) is 10.2. The van der Waals surface area contributed by atoms with Gasteiger partial charge in [0.2, 0.25) is 0 Å². The van der Waals surface area contributed by atoms with Crippen LogP contribution < -0.4 is 16.2 Å². The highest BCUT2D eigenvalue weighted by atomic mass is 35.5. The second-order valence-corrected chi connectivity index (χ2v) is 7.86. The Labute approximate surface area is 200 Å². The number of esters is 1. The van der Waals surface area contributed by atoms with Crippen molar-refractivity contribution in [1.82, 2.24) is 0 Å². The molecular weight excluding hydrogens is 458 g/mol. The van der Waals surface area contributed by atoms with Crippen LogP contribution in [0.5, 0.6) is 5.75 Å². The zero-order valence-electron chi connectivity index (χ0n) is 18.0. The van der Waals surface area contributed by atoms with Crippen LogP contribution in [0.3, 0.4) is 0 Å². The Morgan fingerprint density at radius 1 is 0.853 bits per heavy atom. The fourth-order valence-electron chi connectivity index (χ4n) is 3.27. The molecule has 9 heteroatoms. The number of carboxylic acid groups (broad SMARTS) is 1. The van der Waals surface area contributed by atoms with E-state index in [0.717, 1.165) is 0 Å². The summed E-state index contributed by atoms with van der Waals surface area (Å²) in [4.78, 5) is 39.9. The van der Waals surface area contributed by atoms with Crippen molar-refractivity contribution < 1.29 is 24.2 Å². The van der Waals surface area contributed by atoms with Gasteiger partial charge in [-0.15, -0.1) is 0 Å². The Morgan fingerprint density at radius 3 is 2.06 bits per heavy atom. The quantitative estimate of drug-likeness (QED) is 0.184. The Balaban J connectivity index is 1.64. The van der Waals surface area contributed by atoms with Crippen LogP contribution in [-0.4, -0.2) is 28.8 Å². The summed E-state index contributed by atoms with van der Waals surface area (Å²) in [5.41, 5.74) is 13.3. The lowest BCUT2D eigenvalue weighted by atomic mass is 9.97. The number of guanidine groups is 1. The number of ketones is 1. The van der Waals surface area contributed by atoms with Gasteiger partial charge in [-0.05, 0) is 53.1 Å². The number of aliphatic carboxylic acids is 1. The molecule has 0 aliphatic rings. The molecule has 0 fully saturated rings. The van der Waals surface area contributed by atoms with Gasteiger partial charge >= 0.3 is 11.9 Å². The van der Waals surface area contributed by atoms with Gasteiger partial charge in [0.1, 0.15) is 11.5 Å². The summed E-state index contributed by atoms with van der Waals surface area (Å²) in [6.07, 6.45) is -0.00558. The van der Waals surface area contributed by atoms with E-state index in [1.807, 2.05) is 0 Å². The molecule has 0 aliphatic carbocycles. The van der Waals surface area contributed by atoms with Crippen molar-refractivity contribution in [2.45, 2.75) is 19.3 Å². The molecule has 0 spiro atoms. The fourth-order valence-corrected chi connectivity index (χ4v) is 3.51. The highest BCUT2D eigenvalue weighted by molar-refractivity contribution is 6.31. The monoisotopic (exact) mass is 479 g/mol. The number of nitrogens with two attached hydrogens (primary N) is 2. The van der Waals surface area contributed by atoms with Gasteiger partial charge in [-0.3, -0.25) is 9.59 Å². The number of ether oxygens (including phenoxy) is 1. The topological polar surface area (TPSA) is 145 Å². The Bertz CT molecular complexity index is 1250. The summed E-state index contributed by atoms with van der Waals surface area (Å²) in [5.74, 6) is -1.53. The van der Waals surface area contributed by atoms with E-state index in [0.29, 0.717) is 27.9 Å². The zero-order valence-corrected chi connectivity index (χ0v) is 18.8. The number of hydrogen-bond acceptors (Lipinski definition) is 5. The largest absolute Gasteiger partial charge is 0.481 e. The van der Waals surface area contributed by atoms with E-state index < -0.39 is 11.9 Å². The lowest BCUT2D eigenvalue weighted by molar-refractivity contribution is -0.136. The first-order valence-corrected chi connectivity index (χ1v) is 10.6. The van der Waals surface area contributed by atoms with Crippen LogP contribution in [0.4, 0.5) is 5.69 Å². The van der Waals surface area contributed by atoms with Crippen LogP contribution in [-0.2, 0) is 28.9 Å². The molecule has 0 unspecified atom stereocenters. The smallest absolute Gasteiger partial charge is 0.343 e. The van der Waals surface area contributed by atoms with E-state index in [-0.39, 0.29) is 41.8 Å². The number of rotatable bonds is 9. The minimum atomic E-state index is -0.960. The first-order chi connectivity index (χ1) is 16.2. The van der Waals surface area contributed by atoms with E-state index in [9.17, 15) is 14.4 Å². The molecular formula is C25H22ClN3O5. The predicted octanol–water partition coefficient (Wildman–Crippen LogP) is 3.45. The standard InChI is InChI=1S/C25H22ClN3O5/c26-22-14-21(34-24(33)15-5-8-19(9-6-15)29-25(27)28)10-7-18(22)12-20(30)11-16-3-1-2-4-17(16)13-23(31)32/h1-10,14H,11-13H2,(H,31,32)(H4,27,28,29). The van der Waals surface area contributed by atoms with Crippen LogP contribution in [0.25, 0.3) is 0 Å². The summed E-state index contributed by atoms with van der Waals surface area (Å²) >= 11 is 6.32. The van der Waals surface area contributed by atoms with Crippen LogP contribution in [0.15, 0.2) is 71.7 Å². The van der Waals surface area contributed by atoms with E-state index >= 15 is 0 Å². The molecule has 0 radical (unpaired) electrons. The van der Waals surface area contributed by atoms with Gasteiger partial charge in [-0.2, -0.15) is 0 Å². The van der Waals surface area contributed by atoms with Crippen molar-refractivity contribution in [3.8, 4) is 5.75 Å². The number of carbonyl (C=O) groups excluding carboxylic acids is 2. The number of halogens is 1. The molecule has 174 valence electrons. The maximum Gasteiger partial charge on any atom is 0.343 e. The number of aliphatic imine (C=N–C) groups is 1. The van der Waals surface area contributed by atoms with Crippen molar-refractivity contribution in [1.29, 1.82) is 0 Å². The van der Waals surface area contributed by atoms with Crippen LogP contribution in [0.1, 0.15) is 27.0 Å². The van der Waals surface area contributed by atoms with Crippen molar-refractivity contribution in [2.75, 3.05) is 0 Å². The Morgan fingerprint density at radius 2 is 1.47 bits per heavy atom. The SMILES string of the molecule is NC(N)=Nc1ccc(C(=O)Oc2ccc(CC(=O)Cc3ccccc3CC(=O)O)c(Cl)c2)cc1. The van der Waals surface area contributed by atoms with Crippen LogP contribution in [0.2, 0.25) is 5.02 Å². The number of hydrogen-bond donors (Lipinski definition) is 3. The summed E-state index contributed by atoms with van der Waals surface area (Å²) in [5, 5.41) is 9.33. The molecule has 3 aromatic rings. The lowest BCUT2D eigenvalue weighted by Crippen LogP contribution is -2.21. The third-order valence-corrected chi connectivity index (χ3v) is 5.18. The maximum absolute atomic E-state index is 12.6. The zero-order chi connectivity index (χ0) is 24.7. The first kappa shape index (κ1) is 24.5. The third-order valence-electron chi connectivity index (χ3n) is 4.83. The normalized spacial score (nSPS) is 10.4. The molecule has 8 nitrogen and oxygen atoms in total. The van der Waals surface area contributed by atoms with E-state index in [1.54, 1.807) is 48.5 Å². The summed E-state index contributed by atoms with van der Waals surface area (Å²) in [6, 6.07) is 17.8. The number of nitrogens with zero attached hydrogens (tertiary/aromatic N) is 1. The van der Waals surface area contributed by atoms with Crippen LogP contribution >= 0.6 is 11.6 Å². The Hall–Kier alpha value is -4.17. The van der Waals surface area contributed by atoms with Crippen molar-refractivity contribution >= 4 is 41.0 Å². The van der Waals surface area contributed by atoms with Gasteiger partial charge in [0, 0.05) is 17.9 Å². The third kappa shape index (κ3) is 6.91.